The normalized spacial score (nSPS) is 14.0. The molecule has 1 aromatic rings. The average Bonchev–Trinajstić information content (AvgIpc) is 2.67. The molecule has 1 heterocycles. The number of fused-ring (bicyclic) bond motifs is 1. The van der Waals surface area contributed by atoms with Gasteiger partial charge in [-0.25, -0.2) is 4.39 Å². The van der Waals surface area contributed by atoms with E-state index < -0.39 is 17.5 Å². The lowest BCUT2D eigenvalue weighted by molar-refractivity contribution is -0.114. The molecule has 1 N–H and O–H groups in total. The molecule has 0 saturated carbocycles. The van der Waals surface area contributed by atoms with Gasteiger partial charge in [-0.05, 0) is 17.7 Å². The number of rotatable bonds is 5. The van der Waals surface area contributed by atoms with Gasteiger partial charge in [0.25, 0.3) is 11.7 Å². The highest BCUT2D eigenvalue weighted by Gasteiger charge is 2.39. The molecule has 0 saturated heterocycles. The topological polar surface area (TPSA) is 49.4 Å². The molecule has 0 unspecified atom stereocenters. The number of carbonyl (C=O) groups excluding carboxylic acids is 2. The molecule has 0 bridgehead atoms. The summed E-state index contributed by atoms with van der Waals surface area (Å²) < 4.78 is 14.0. The molecule has 0 radical (unpaired) electrons. The fraction of sp³-hybridized carbons (Fsp3) is 0.333. The largest absolute Gasteiger partial charge is 0.311 e. The number of hydrogen-bond acceptors (Lipinski definition) is 3. The number of benzene rings is 1. The van der Waals surface area contributed by atoms with Crippen molar-refractivity contribution in [2.75, 3.05) is 18.0 Å². The van der Waals surface area contributed by atoms with Crippen molar-refractivity contribution in [1.29, 1.82) is 0 Å². The molecule has 1 aliphatic heterocycles. The average molecular weight is 311 g/mol. The smallest absolute Gasteiger partial charge is 0.299 e. The number of amides is 1. The summed E-state index contributed by atoms with van der Waals surface area (Å²) in [7, 11) is 0. The van der Waals surface area contributed by atoms with Gasteiger partial charge in [-0.1, -0.05) is 32.0 Å². The van der Waals surface area contributed by atoms with Crippen LogP contribution in [0.25, 0.3) is 0 Å². The van der Waals surface area contributed by atoms with E-state index in [1.165, 1.54) is 6.07 Å². The first-order chi connectivity index (χ1) is 9.82. The van der Waals surface area contributed by atoms with E-state index in [9.17, 15) is 14.0 Å². The molecule has 1 amide bonds. The summed E-state index contributed by atoms with van der Waals surface area (Å²) in [5.74, 6) is -2.19. The lowest BCUT2D eigenvalue weighted by Crippen LogP contribution is -2.35. The summed E-state index contributed by atoms with van der Waals surface area (Å²) in [5, 5.41) is 3.23. The molecular formula is C15H16ClFN2O2. The molecule has 0 fully saturated rings. The van der Waals surface area contributed by atoms with E-state index in [0.29, 0.717) is 12.1 Å². The van der Waals surface area contributed by atoms with Crippen molar-refractivity contribution < 1.29 is 14.0 Å². The monoisotopic (exact) mass is 310 g/mol. The van der Waals surface area contributed by atoms with Gasteiger partial charge in [0.1, 0.15) is 5.82 Å². The number of Topliss-reactive ketones (excluding diaryl/α,β-unsaturated/α-hetero) is 1. The molecule has 0 aromatic heterocycles. The zero-order valence-electron chi connectivity index (χ0n) is 11.9. The third-order valence-corrected chi connectivity index (χ3v) is 3.47. The van der Waals surface area contributed by atoms with E-state index in [0.717, 1.165) is 11.0 Å². The number of carbonyl (C=O) groups is 2. The number of nitrogens with zero attached hydrogens (tertiary/aromatic N) is 1. The molecule has 1 aromatic carbocycles. The van der Waals surface area contributed by atoms with Crippen molar-refractivity contribution in [2.24, 2.45) is 0 Å². The minimum absolute atomic E-state index is 0.0526. The van der Waals surface area contributed by atoms with E-state index in [1.54, 1.807) is 0 Å². The van der Waals surface area contributed by atoms with Gasteiger partial charge >= 0.3 is 0 Å². The highest BCUT2D eigenvalue weighted by atomic mass is 35.5. The third-order valence-electron chi connectivity index (χ3n) is 3.16. The third kappa shape index (κ3) is 2.99. The van der Waals surface area contributed by atoms with Gasteiger partial charge in [-0.2, -0.15) is 0 Å². The van der Waals surface area contributed by atoms with Crippen molar-refractivity contribution in [3.05, 3.63) is 40.7 Å². The summed E-state index contributed by atoms with van der Waals surface area (Å²) in [5.41, 5.74) is 0.562. The molecular weight excluding hydrogens is 295 g/mol. The van der Waals surface area contributed by atoms with Gasteiger partial charge in [0.15, 0.2) is 0 Å². The summed E-state index contributed by atoms with van der Waals surface area (Å²) in [4.78, 5) is 25.1. The second-order valence-electron chi connectivity index (χ2n) is 5.26. The summed E-state index contributed by atoms with van der Waals surface area (Å²) in [6.45, 7) is 8.37. The van der Waals surface area contributed by atoms with Crippen LogP contribution in [-0.2, 0) is 4.79 Å². The fourth-order valence-corrected chi connectivity index (χ4v) is 2.37. The Labute approximate surface area is 127 Å². The standard InChI is InChI=1S/C15H16ClFN2O2/c1-8(2)18-6-9(3)7-19-13-11(17)5-4-10(16)12(13)14(20)15(19)21/h4-5,8,18H,3,6-7H2,1-2H3. The Kier molecular flexibility index (Phi) is 4.44. The Hall–Kier alpha value is -1.72. The van der Waals surface area contributed by atoms with Crippen LogP contribution in [-0.4, -0.2) is 30.8 Å². The number of halogens is 2. The van der Waals surface area contributed by atoms with Gasteiger partial charge in [-0.15, -0.1) is 0 Å². The Balaban J connectivity index is 2.27. The van der Waals surface area contributed by atoms with Gasteiger partial charge in [-0.3, -0.25) is 14.5 Å². The van der Waals surface area contributed by atoms with Crippen LogP contribution in [0.4, 0.5) is 10.1 Å². The number of nitrogens with one attached hydrogen (secondary N) is 1. The van der Waals surface area contributed by atoms with Crippen molar-refractivity contribution in [1.82, 2.24) is 5.32 Å². The van der Waals surface area contributed by atoms with Gasteiger partial charge < -0.3 is 5.32 Å². The zero-order chi connectivity index (χ0) is 15.7. The van der Waals surface area contributed by atoms with Crippen LogP contribution >= 0.6 is 11.6 Å². The second-order valence-corrected chi connectivity index (χ2v) is 5.67. The molecule has 6 heteroatoms. The van der Waals surface area contributed by atoms with E-state index in [1.807, 2.05) is 13.8 Å². The van der Waals surface area contributed by atoms with Crippen molar-refractivity contribution in [3.63, 3.8) is 0 Å². The van der Waals surface area contributed by atoms with Gasteiger partial charge in [0.05, 0.1) is 16.3 Å². The van der Waals surface area contributed by atoms with E-state index in [-0.39, 0.29) is 28.9 Å². The van der Waals surface area contributed by atoms with Crippen LogP contribution in [0.1, 0.15) is 24.2 Å². The van der Waals surface area contributed by atoms with Gasteiger partial charge in [0.2, 0.25) is 0 Å². The van der Waals surface area contributed by atoms with Gasteiger partial charge in [0, 0.05) is 19.1 Å². The summed E-state index contributed by atoms with van der Waals surface area (Å²) in [6, 6.07) is 2.69. The van der Waals surface area contributed by atoms with E-state index >= 15 is 0 Å². The van der Waals surface area contributed by atoms with Crippen LogP contribution in [0.2, 0.25) is 5.02 Å². The number of anilines is 1. The Morgan fingerprint density at radius 2 is 2.10 bits per heavy atom. The molecule has 21 heavy (non-hydrogen) atoms. The first-order valence-electron chi connectivity index (χ1n) is 6.57. The maximum absolute atomic E-state index is 14.0. The Bertz CT molecular complexity index is 628. The summed E-state index contributed by atoms with van der Waals surface area (Å²) in [6.07, 6.45) is 0. The molecule has 2 rings (SSSR count). The van der Waals surface area contributed by atoms with Crippen LogP contribution in [0, 0.1) is 5.82 Å². The fourth-order valence-electron chi connectivity index (χ4n) is 2.13. The SMILES string of the molecule is C=C(CNC(C)C)CN1C(=O)C(=O)c2c(Cl)ccc(F)c21. The lowest BCUT2D eigenvalue weighted by atomic mass is 10.1. The molecule has 0 aliphatic carbocycles. The molecule has 4 nitrogen and oxygen atoms in total. The Morgan fingerprint density at radius 1 is 1.43 bits per heavy atom. The van der Waals surface area contributed by atoms with Crippen molar-refractivity contribution in [2.45, 2.75) is 19.9 Å². The van der Waals surface area contributed by atoms with Crippen molar-refractivity contribution in [3.8, 4) is 0 Å². The zero-order valence-corrected chi connectivity index (χ0v) is 12.6. The summed E-state index contributed by atoms with van der Waals surface area (Å²) >= 11 is 5.91. The van der Waals surface area contributed by atoms with Crippen molar-refractivity contribution >= 4 is 29.0 Å². The molecule has 0 spiro atoms. The van der Waals surface area contributed by atoms with E-state index in [4.69, 9.17) is 11.6 Å². The van der Waals surface area contributed by atoms with Crippen LogP contribution < -0.4 is 10.2 Å². The minimum atomic E-state index is -0.779. The highest BCUT2D eigenvalue weighted by Crippen LogP contribution is 2.36. The minimum Gasteiger partial charge on any atom is -0.311 e. The first kappa shape index (κ1) is 15.7. The number of hydrogen-bond donors (Lipinski definition) is 1. The van der Waals surface area contributed by atoms with E-state index in [2.05, 4.69) is 11.9 Å². The predicted molar refractivity (Wildman–Crippen MR) is 80.4 cm³/mol. The maximum Gasteiger partial charge on any atom is 0.299 e. The maximum atomic E-state index is 14.0. The lowest BCUT2D eigenvalue weighted by Gasteiger charge is -2.19. The van der Waals surface area contributed by atoms with Crippen LogP contribution in [0.15, 0.2) is 24.3 Å². The molecule has 0 atom stereocenters. The first-order valence-corrected chi connectivity index (χ1v) is 6.95. The second kappa shape index (κ2) is 5.95. The molecule has 112 valence electrons. The highest BCUT2D eigenvalue weighted by molar-refractivity contribution is 6.55. The van der Waals surface area contributed by atoms with Crippen LogP contribution in [0.3, 0.4) is 0 Å². The number of ketones is 1. The quantitative estimate of drug-likeness (QED) is 0.672. The predicted octanol–water partition coefficient (Wildman–Crippen LogP) is 2.56. The van der Waals surface area contributed by atoms with Crippen LogP contribution in [0.5, 0.6) is 0 Å². The Morgan fingerprint density at radius 3 is 2.71 bits per heavy atom. The molecule has 1 aliphatic rings.